The van der Waals surface area contributed by atoms with Gasteiger partial charge < -0.3 is 15.4 Å². The minimum atomic E-state index is 0.163. The lowest BCUT2D eigenvalue weighted by Crippen LogP contribution is -2.28. The maximum absolute atomic E-state index is 5.56. The first-order chi connectivity index (χ1) is 7.27. The predicted octanol–water partition coefficient (Wildman–Crippen LogP) is 1.49. The maximum Gasteiger partial charge on any atom is 0.0710 e. The number of para-hydroxylation sites is 1. The number of methoxy groups -OCH3 is 1. The number of nitrogens with zero attached hydrogens (tertiary/aromatic N) is 1. The third-order valence-electron chi connectivity index (χ3n) is 2.58. The van der Waals surface area contributed by atoms with Crippen molar-refractivity contribution in [3.63, 3.8) is 0 Å². The minimum Gasteiger partial charge on any atom is -0.380 e. The van der Waals surface area contributed by atoms with Crippen LogP contribution in [-0.2, 0) is 4.74 Å². The maximum atomic E-state index is 5.56. The molecule has 0 heterocycles. The normalized spacial score (nSPS) is 12.5. The van der Waals surface area contributed by atoms with Gasteiger partial charge in [-0.05, 0) is 18.6 Å². The second-order valence-corrected chi connectivity index (χ2v) is 3.64. The summed E-state index contributed by atoms with van der Waals surface area (Å²) in [5, 5.41) is 0. The molecule has 84 valence electrons. The third-order valence-corrected chi connectivity index (χ3v) is 2.58. The van der Waals surface area contributed by atoms with E-state index in [-0.39, 0.29) is 6.10 Å². The van der Waals surface area contributed by atoms with Gasteiger partial charge in [0.1, 0.15) is 0 Å². The number of ether oxygens (including phenoxy) is 1. The van der Waals surface area contributed by atoms with Crippen LogP contribution in [0.25, 0.3) is 0 Å². The number of rotatable bonds is 6. The van der Waals surface area contributed by atoms with Crippen LogP contribution in [0.1, 0.15) is 6.42 Å². The van der Waals surface area contributed by atoms with Gasteiger partial charge in [-0.15, -0.1) is 0 Å². The molecule has 0 aliphatic heterocycles. The molecule has 1 aromatic rings. The molecule has 1 atom stereocenters. The average molecular weight is 208 g/mol. The molecule has 0 amide bonds. The van der Waals surface area contributed by atoms with E-state index in [0.717, 1.165) is 13.0 Å². The monoisotopic (exact) mass is 208 g/mol. The Morgan fingerprint density at radius 2 is 2.00 bits per heavy atom. The molecule has 0 aliphatic carbocycles. The lowest BCUT2D eigenvalue weighted by atomic mass is 10.2. The number of hydrogen-bond acceptors (Lipinski definition) is 3. The Morgan fingerprint density at radius 1 is 1.33 bits per heavy atom. The van der Waals surface area contributed by atoms with Crippen molar-refractivity contribution in [2.24, 2.45) is 5.73 Å². The Balaban J connectivity index is 2.39. The summed E-state index contributed by atoms with van der Waals surface area (Å²) < 4.78 is 5.23. The molecule has 15 heavy (non-hydrogen) atoms. The van der Waals surface area contributed by atoms with Gasteiger partial charge in [0.15, 0.2) is 0 Å². The van der Waals surface area contributed by atoms with Gasteiger partial charge in [0, 0.05) is 32.9 Å². The fourth-order valence-electron chi connectivity index (χ4n) is 1.48. The summed E-state index contributed by atoms with van der Waals surface area (Å²) in [6.07, 6.45) is 1.12. The smallest absolute Gasteiger partial charge is 0.0710 e. The van der Waals surface area contributed by atoms with Gasteiger partial charge in [-0.1, -0.05) is 18.2 Å². The molecule has 1 unspecified atom stereocenters. The highest BCUT2D eigenvalue weighted by molar-refractivity contribution is 5.44. The number of benzene rings is 1. The number of hydrogen-bond donors (Lipinski definition) is 1. The van der Waals surface area contributed by atoms with Crippen molar-refractivity contribution in [3.8, 4) is 0 Å². The van der Waals surface area contributed by atoms with Gasteiger partial charge in [0.25, 0.3) is 0 Å². The fourth-order valence-corrected chi connectivity index (χ4v) is 1.48. The molecule has 0 spiro atoms. The molecule has 0 radical (unpaired) electrons. The first kappa shape index (κ1) is 12.0. The topological polar surface area (TPSA) is 38.5 Å². The molecule has 0 aliphatic rings. The van der Waals surface area contributed by atoms with Crippen LogP contribution in [0.2, 0.25) is 0 Å². The van der Waals surface area contributed by atoms with E-state index in [1.165, 1.54) is 5.69 Å². The Kier molecular flexibility index (Phi) is 5.15. The van der Waals surface area contributed by atoms with Gasteiger partial charge in [-0.25, -0.2) is 0 Å². The van der Waals surface area contributed by atoms with Gasteiger partial charge in [-0.2, -0.15) is 0 Å². The first-order valence-corrected chi connectivity index (χ1v) is 5.27. The van der Waals surface area contributed by atoms with Crippen LogP contribution < -0.4 is 10.6 Å². The molecule has 0 saturated carbocycles. The van der Waals surface area contributed by atoms with E-state index in [4.69, 9.17) is 10.5 Å². The summed E-state index contributed by atoms with van der Waals surface area (Å²) in [6.45, 7) is 1.54. The van der Waals surface area contributed by atoms with E-state index in [1.54, 1.807) is 7.11 Å². The van der Waals surface area contributed by atoms with Crippen molar-refractivity contribution in [3.05, 3.63) is 30.3 Å². The molecule has 0 saturated heterocycles. The SMILES string of the molecule is COC(CN)CCN(C)c1ccccc1. The van der Waals surface area contributed by atoms with Crippen LogP contribution in [0.4, 0.5) is 5.69 Å². The lowest BCUT2D eigenvalue weighted by Gasteiger charge is -2.21. The van der Waals surface area contributed by atoms with Gasteiger partial charge in [0.05, 0.1) is 6.10 Å². The van der Waals surface area contributed by atoms with Crippen molar-refractivity contribution in [1.29, 1.82) is 0 Å². The predicted molar refractivity (Wildman–Crippen MR) is 64.2 cm³/mol. The third kappa shape index (κ3) is 3.90. The largest absolute Gasteiger partial charge is 0.380 e. The van der Waals surface area contributed by atoms with Crippen molar-refractivity contribution in [1.82, 2.24) is 0 Å². The zero-order valence-corrected chi connectivity index (χ0v) is 9.52. The minimum absolute atomic E-state index is 0.163. The molecule has 1 rings (SSSR count). The highest BCUT2D eigenvalue weighted by Gasteiger charge is 2.06. The van der Waals surface area contributed by atoms with Crippen molar-refractivity contribution in [2.75, 3.05) is 32.1 Å². The summed E-state index contributed by atoms with van der Waals surface area (Å²) in [5.74, 6) is 0. The Labute approximate surface area is 91.8 Å². The molecule has 0 bridgehead atoms. The summed E-state index contributed by atoms with van der Waals surface area (Å²) in [7, 11) is 3.79. The molecular weight excluding hydrogens is 188 g/mol. The Hall–Kier alpha value is -1.06. The molecule has 3 heteroatoms. The van der Waals surface area contributed by atoms with E-state index in [1.807, 2.05) is 18.2 Å². The molecule has 2 N–H and O–H groups in total. The Morgan fingerprint density at radius 3 is 2.53 bits per heavy atom. The quantitative estimate of drug-likeness (QED) is 0.769. The van der Waals surface area contributed by atoms with Crippen LogP contribution in [0.5, 0.6) is 0 Å². The second kappa shape index (κ2) is 6.43. The van der Waals surface area contributed by atoms with Crippen LogP contribution >= 0.6 is 0 Å². The molecule has 1 aromatic carbocycles. The van der Waals surface area contributed by atoms with E-state index in [9.17, 15) is 0 Å². The van der Waals surface area contributed by atoms with Crippen molar-refractivity contribution < 1.29 is 4.74 Å². The Bertz CT molecular complexity index is 260. The van der Waals surface area contributed by atoms with Crippen LogP contribution in [0, 0.1) is 0 Å². The lowest BCUT2D eigenvalue weighted by molar-refractivity contribution is 0.104. The molecular formula is C12H20N2O. The van der Waals surface area contributed by atoms with Gasteiger partial charge in [0.2, 0.25) is 0 Å². The van der Waals surface area contributed by atoms with Gasteiger partial charge in [-0.3, -0.25) is 0 Å². The molecule has 0 aromatic heterocycles. The molecule has 3 nitrogen and oxygen atoms in total. The second-order valence-electron chi connectivity index (χ2n) is 3.64. The van der Waals surface area contributed by atoms with E-state index < -0.39 is 0 Å². The van der Waals surface area contributed by atoms with Gasteiger partial charge >= 0.3 is 0 Å². The van der Waals surface area contributed by atoms with Crippen LogP contribution in [0.3, 0.4) is 0 Å². The number of nitrogens with two attached hydrogens (primary N) is 1. The van der Waals surface area contributed by atoms with E-state index >= 15 is 0 Å². The van der Waals surface area contributed by atoms with E-state index in [0.29, 0.717) is 6.54 Å². The van der Waals surface area contributed by atoms with Crippen molar-refractivity contribution >= 4 is 5.69 Å². The molecule has 0 fully saturated rings. The van der Waals surface area contributed by atoms with Crippen LogP contribution in [-0.4, -0.2) is 33.4 Å². The number of anilines is 1. The average Bonchev–Trinajstić information content (AvgIpc) is 2.31. The summed E-state index contributed by atoms with van der Waals surface area (Å²) in [4.78, 5) is 2.21. The zero-order valence-electron chi connectivity index (χ0n) is 9.52. The summed E-state index contributed by atoms with van der Waals surface area (Å²) >= 11 is 0. The highest BCUT2D eigenvalue weighted by Crippen LogP contribution is 2.11. The van der Waals surface area contributed by atoms with Crippen molar-refractivity contribution in [2.45, 2.75) is 12.5 Å². The standard InChI is InChI=1S/C12H20N2O/c1-14(9-8-12(10-13)15-2)11-6-4-3-5-7-11/h3-7,12H,8-10,13H2,1-2H3. The fraction of sp³-hybridized carbons (Fsp3) is 0.500. The summed E-state index contributed by atoms with van der Waals surface area (Å²) in [5.41, 5.74) is 6.79. The highest BCUT2D eigenvalue weighted by atomic mass is 16.5. The van der Waals surface area contributed by atoms with Crippen LogP contribution in [0.15, 0.2) is 30.3 Å². The zero-order chi connectivity index (χ0) is 11.1. The van der Waals surface area contributed by atoms with E-state index in [2.05, 4.69) is 24.1 Å². The summed E-state index contributed by atoms with van der Waals surface area (Å²) in [6, 6.07) is 10.3. The first-order valence-electron chi connectivity index (χ1n) is 5.27.